The molecule has 0 saturated carbocycles. The summed E-state index contributed by atoms with van der Waals surface area (Å²) < 4.78 is 43.6. The summed E-state index contributed by atoms with van der Waals surface area (Å²) >= 11 is 0. The predicted molar refractivity (Wildman–Crippen MR) is 89.3 cm³/mol. The third-order valence-corrected chi connectivity index (χ3v) is 3.90. The van der Waals surface area contributed by atoms with E-state index < -0.39 is 29.4 Å². The maximum atomic E-state index is 13.0. The van der Waals surface area contributed by atoms with Gasteiger partial charge in [0.2, 0.25) is 0 Å². The number of piperazine rings is 1. The number of carbonyl (C=O) groups excluding carboxylic acids is 2. The van der Waals surface area contributed by atoms with Gasteiger partial charge in [-0.05, 0) is 12.1 Å². The van der Waals surface area contributed by atoms with Gasteiger partial charge in [-0.1, -0.05) is 12.1 Å². The van der Waals surface area contributed by atoms with E-state index in [2.05, 4.69) is 10.1 Å². The molecular weight excluding hydrogens is 365 g/mol. The number of halogens is 3. The molecule has 1 aromatic carbocycles. The number of rotatable bonds is 3. The molecule has 0 aromatic heterocycles. The van der Waals surface area contributed by atoms with E-state index in [1.165, 1.54) is 30.3 Å². The quantitative estimate of drug-likeness (QED) is 0.641. The minimum absolute atomic E-state index is 0.334. The Labute approximate surface area is 153 Å². The zero-order valence-electron chi connectivity index (χ0n) is 14.4. The lowest BCUT2D eigenvalue weighted by Gasteiger charge is -2.33. The van der Waals surface area contributed by atoms with Gasteiger partial charge in [0.05, 0.1) is 18.4 Å². The lowest BCUT2D eigenvalue weighted by molar-refractivity contribution is -0.137. The number of ether oxygens (including phenoxy) is 1. The molecule has 0 atom stereocenters. The van der Waals surface area contributed by atoms with Crippen LogP contribution in [0.1, 0.15) is 5.56 Å². The largest absolute Gasteiger partial charge is 0.453 e. The molecule has 0 aliphatic carbocycles. The van der Waals surface area contributed by atoms with Crippen LogP contribution in [-0.2, 0) is 15.7 Å². The van der Waals surface area contributed by atoms with Crippen molar-refractivity contribution in [2.45, 2.75) is 6.18 Å². The summed E-state index contributed by atoms with van der Waals surface area (Å²) in [4.78, 5) is 26.8. The number of alkyl halides is 3. The van der Waals surface area contributed by atoms with E-state index >= 15 is 0 Å². The first kappa shape index (κ1) is 20.1. The van der Waals surface area contributed by atoms with Crippen LogP contribution in [0.25, 0.3) is 0 Å². The van der Waals surface area contributed by atoms with E-state index in [0.717, 1.165) is 12.1 Å². The van der Waals surface area contributed by atoms with Gasteiger partial charge in [-0.15, -0.1) is 0 Å². The number of amides is 2. The fourth-order valence-corrected chi connectivity index (χ4v) is 2.51. The number of hydrogen-bond donors (Lipinski definition) is 1. The molecule has 0 bridgehead atoms. The molecule has 1 heterocycles. The molecule has 1 aliphatic heterocycles. The second kappa shape index (κ2) is 8.44. The highest BCUT2D eigenvalue weighted by Gasteiger charge is 2.33. The van der Waals surface area contributed by atoms with Crippen LogP contribution in [0.15, 0.2) is 36.0 Å². The molecule has 1 fully saturated rings. The molecule has 2 rings (SSSR count). The van der Waals surface area contributed by atoms with Crippen molar-refractivity contribution in [3.63, 3.8) is 0 Å². The summed E-state index contributed by atoms with van der Waals surface area (Å²) in [5.41, 5.74) is -1.76. The van der Waals surface area contributed by atoms with Gasteiger partial charge < -0.3 is 19.9 Å². The molecule has 0 unspecified atom stereocenters. The zero-order chi connectivity index (χ0) is 20.0. The molecule has 7 nitrogen and oxygen atoms in total. The highest BCUT2D eigenvalue weighted by molar-refractivity contribution is 6.06. The van der Waals surface area contributed by atoms with Crippen LogP contribution in [0, 0.1) is 11.3 Å². The third kappa shape index (κ3) is 5.13. The molecular formula is C17H17F3N4O3. The van der Waals surface area contributed by atoms with Gasteiger partial charge in [0.25, 0.3) is 5.91 Å². The number of nitriles is 1. The zero-order valence-corrected chi connectivity index (χ0v) is 14.4. The van der Waals surface area contributed by atoms with Crippen molar-refractivity contribution in [1.82, 2.24) is 9.80 Å². The number of benzene rings is 1. The van der Waals surface area contributed by atoms with E-state index in [-0.39, 0.29) is 5.57 Å². The van der Waals surface area contributed by atoms with Crippen molar-refractivity contribution < 1.29 is 27.5 Å². The van der Waals surface area contributed by atoms with Crippen LogP contribution in [-0.4, -0.2) is 55.1 Å². The van der Waals surface area contributed by atoms with E-state index in [1.807, 2.05) is 0 Å². The molecule has 1 N–H and O–H groups in total. The molecule has 27 heavy (non-hydrogen) atoms. The van der Waals surface area contributed by atoms with Crippen LogP contribution < -0.4 is 5.32 Å². The first-order valence-corrected chi connectivity index (χ1v) is 7.92. The number of anilines is 1. The Hall–Kier alpha value is -3.22. The van der Waals surface area contributed by atoms with E-state index in [4.69, 9.17) is 0 Å². The Morgan fingerprint density at radius 1 is 1.22 bits per heavy atom. The topological polar surface area (TPSA) is 85.7 Å². The molecule has 0 radical (unpaired) electrons. The summed E-state index contributed by atoms with van der Waals surface area (Å²) in [6.07, 6.45) is -3.83. The monoisotopic (exact) mass is 382 g/mol. The Bertz CT molecular complexity index is 778. The molecule has 2 amide bonds. The Morgan fingerprint density at radius 3 is 2.41 bits per heavy atom. The number of hydrogen-bond acceptors (Lipinski definition) is 5. The number of para-hydroxylation sites is 1. The van der Waals surface area contributed by atoms with Gasteiger partial charge in [-0.25, -0.2) is 4.79 Å². The Balaban J connectivity index is 2.09. The molecule has 1 aliphatic rings. The molecule has 1 aromatic rings. The number of methoxy groups -OCH3 is 1. The smallest absolute Gasteiger partial charge is 0.418 e. The van der Waals surface area contributed by atoms with Crippen molar-refractivity contribution in [2.24, 2.45) is 0 Å². The summed E-state index contributed by atoms with van der Waals surface area (Å²) in [6.45, 7) is 1.38. The minimum Gasteiger partial charge on any atom is -0.453 e. The Morgan fingerprint density at radius 2 is 1.85 bits per heavy atom. The molecule has 10 heteroatoms. The predicted octanol–water partition coefficient (Wildman–Crippen LogP) is 2.44. The van der Waals surface area contributed by atoms with Crippen molar-refractivity contribution >= 4 is 17.7 Å². The van der Waals surface area contributed by atoms with Gasteiger partial charge in [0.1, 0.15) is 11.6 Å². The summed E-state index contributed by atoms with van der Waals surface area (Å²) in [7, 11) is 1.27. The molecule has 0 spiro atoms. The van der Waals surface area contributed by atoms with Gasteiger partial charge in [0, 0.05) is 32.4 Å². The fourth-order valence-electron chi connectivity index (χ4n) is 2.51. The fraction of sp³-hybridized carbons (Fsp3) is 0.353. The highest BCUT2D eigenvalue weighted by atomic mass is 19.4. The molecule has 1 saturated heterocycles. The first-order valence-electron chi connectivity index (χ1n) is 7.92. The van der Waals surface area contributed by atoms with E-state index in [1.54, 1.807) is 11.0 Å². The maximum Gasteiger partial charge on any atom is 0.418 e. The standard InChI is InChI=1S/C17H17F3N4O3/c1-27-16(26)24-8-6-23(7-9-24)11-12(10-21)15(25)22-14-5-3-2-4-13(14)17(18,19)20/h2-5,11H,6-9H2,1H3,(H,22,25)/b12-11-. The summed E-state index contributed by atoms with van der Waals surface area (Å²) in [5.74, 6) is -0.940. The van der Waals surface area contributed by atoms with Gasteiger partial charge in [-0.3, -0.25) is 4.79 Å². The number of nitrogens with one attached hydrogen (secondary N) is 1. The number of carbonyl (C=O) groups is 2. The second-order valence-corrected chi connectivity index (χ2v) is 5.65. The Kier molecular flexibility index (Phi) is 6.28. The van der Waals surface area contributed by atoms with Gasteiger partial charge in [-0.2, -0.15) is 18.4 Å². The maximum absolute atomic E-state index is 13.0. The lowest BCUT2D eigenvalue weighted by atomic mass is 10.1. The average Bonchev–Trinajstić information content (AvgIpc) is 2.65. The van der Waals surface area contributed by atoms with E-state index in [0.29, 0.717) is 26.2 Å². The van der Waals surface area contributed by atoms with Crippen molar-refractivity contribution in [2.75, 3.05) is 38.6 Å². The number of nitrogens with zero attached hydrogens (tertiary/aromatic N) is 3. The highest BCUT2D eigenvalue weighted by Crippen LogP contribution is 2.34. The van der Waals surface area contributed by atoms with Crippen molar-refractivity contribution in [3.05, 3.63) is 41.6 Å². The summed E-state index contributed by atoms with van der Waals surface area (Å²) in [5, 5.41) is 11.3. The molecule has 144 valence electrons. The third-order valence-electron chi connectivity index (χ3n) is 3.90. The SMILES string of the molecule is COC(=O)N1CCN(/C=C(/C#N)C(=O)Nc2ccccc2C(F)(F)F)CC1. The van der Waals surface area contributed by atoms with Crippen LogP contribution >= 0.6 is 0 Å². The van der Waals surface area contributed by atoms with Crippen molar-refractivity contribution in [1.29, 1.82) is 5.26 Å². The average molecular weight is 382 g/mol. The van der Waals surface area contributed by atoms with Gasteiger partial charge in [0.15, 0.2) is 0 Å². The summed E-state index contributed by atoms with van der Waals surface area (Å²) in [6, 6.07) is 6.22. The lowest BCUT2D eigenvalue weighted by Crippen LogP contribution is -2.47. The van der Waals surface area contributed by atoms with Crippen LogP contribution in [0.2, 0.25) is 0 Å². The van der Waals surface area contributed by atoms with Crippen LogP contribution in [0.5, 0.6) is 0 Å². The first-order chi connectivity index (χ1) is 12.8. The normalized spacial score (nSPS) is 15.1. The van der Waals surface area contributed by atoms with Gasteiger partial charge >= 0.3 is 12.3 Å². The van der Waals surface area contributed by atoms with Crippen molar-refractivity contribution in [3.8, 4) is 6.07 Å². The van der Waals surface area contributed by atoms with Crippen LogP contribution in [0.4, 0.5) is 23.7 Å². The minimum atomic E-state index is -4.63. The second-order valence-electron chi connectivity index (χ2n) is 5.65. The van der Waals surface area contributed by atoms with E-state index in [9.17, 15) is 28.0 Å². The van der Waals surface area contributed by atoms with Crippen LogP contribution in [0.3, 0.4) is 0 Å².